The molecule has 2 rings (SSSR count). The van der Waals surface area contributed by atoms with Gasteiger partial charge in [-0.05, 0) is 19.1 Å². The number of halogens is 3. The number of fused-ring (bicyclic) bond motifs is 1. The molecule has 3 nitrogen and oxygen atoms in total. The minimum absolute atomic E-state index is 0. The van der Waals surface area contributed by atoms with Gasteiger partial charge in [0, 0.05) is 17.1 Å². The Labute approximate surface area is 99.1 Å². The number of hydrogen-bond donors (Lipinski definition) is 2. The first kappa shape index (κ1) is 14.2. The number of nitrogens with two attached hydrogens (primary N) is 1. The predicted molar refractivity (Wildman–Crippen MR) is 63.2 cm³/mol. The third kappa shape index (κ3) is 2.81. The van der Waals surface area contributed by atoms with Gasteiger partial charge in [0.2, 0.25) is 0 Å². The minimum atomic E-state index is -0.331. The van der Waals surface area contributed by atoms with E-state index in [4.69, 9.17) is 5.73 Å². The first-order valence-corrected chi connectivity index (χ1v) is 4.06. The van der Waals surface area contributed by atoms with Crippen LogP contribution < -0.4 is 5.73 Å². The maximum absolute atomic E-state index is 12.7. The third-order valence-corrected chi connectivity index (χ3v) is 1.95. The zero-order chi connectivity index (χ0) is 9.42. The van der Waals surface area contributed by atoms with Crippen molar-refractivity contribution in [1.29, 1.82) is 0 Å². The van der Waals surface area contributed by atoms with Gasteiger partial charge in [0.25, 0.3) is 0 Å². The highest BCUT2D eigenvalue weighted by molar-refractivity contribution is 5.85. The van der Waals surface area contributed by atoms with E-state index in [0.717, 1.165) is 11.1 Å². The van der Waals surface area contributed by atoms with Gasteiger partial charge >= 0.3 is 0 Å². The summed E-state index contributed by atoms with van der Waals surface area (Å²) < 4.78 is 12.7. The second-order valence-electron chi connectivity index (χ2n) is 3.10. The summed E-state index contributed by atoms with van der Waals surface area (Å²) in [6, 6.07) is 3.16. The van der Waals surface area contributed by atoms with Gasteiger partial charge < -0.3 is 10.7 Å². The fourth-order valence-electron chi connectivity index (χ4n) is 1.26. The normalized spacial score (nSPS) is 11.7. The van der Waals surface area contributed by atoms with Gasteiger partial charge in [-0.1, -0.05) is 0 Å². The van der Waals surface area contributed by atoms with Gasteiger partial charge in [-0.2, -0.15) is 0 Å². The summed E-state index contributed by atoms with van der Waals surface area (Å²) in [5, 5.41) is 0.757. The van der Waals surface area contributed by atoms with E-state index < -0.39 is 0 Å². The summed E-state index contributed by atoms with van der Waals surface area (Å²) in [6.07, 6.45) is 1.18. The second kappa shape index (κ2) is 5.30. The smallest absolute Gasteiger partial charge is 0.142 e. The van der Waals surface area contributed by atoms with Crippen LogP contribution in [0.2, 0.25) is 0 Å². The molecule has 0 aliphatic rings. The standard InChI is InChI=1S/C9H10FN3.2ClH/c1-5(11)8-3-6-2-7(10)4-12-9(6)13-8;;/h2-5H,11H2,1H3,(H,12,13);2*1H. The van der Waals surface area contributed by atoms with E-state index >= 15 is 0 Å². The quantitative estimate of drug-likeness (QED) is 0.819. The van der Waals surface area contributed by atoms with Crippen molar-refractivity contribution < 1.29 is 4.39 Å². The summed E-state index contributed by atoms with van der Waals surface area (Å²) in [6.45, 7) is 1.86. The molecule has 6 heteroatoms. The van der Waals surface area contributed by atoms with E-state index in [1.807, 2.05) is 13.0 Å². The molecule has 0 aromatic carbocycles. The van der Waals surface area contributed by atoms with E-state index in [9.17, 15) is 4.39 Å². The largest absolute Gasteiger partial charge is 0.342 e. The van der Waals surface area contributed by atoms with Crippen LogP contribution in [0.1, 0.15) is 18.7 Å². The van der Waals surface area contributed by atoms with E-state index in [1.165, 1.54) is 12.3 Å². The lowest BCUT2D eigenvalue weighted by Crippen LogP contribution is -2.04. The molecule has 0 aliphatic carbocycles. The highest BCUT2D eigenvalue weighted by Gasteiger charge is 2.05. The van der Waals surface area contributed by atoms with Crippen LogP contribution in [0.4, 0.5) is 4.39 Å². The van der Waals surface area contributed by atoms with Crippen molar-refractivity contribution in [2.45, 2.75) is 13.0 Å². The molecule has 0 saturated carbocycles. The van der Waals surface area contributed by atoms with Crippen molar-refractivity contribution in [3.8, 4) is 0 Å². The Kier molecular flexibility index (Phi) is 5.00. The average Bonchev–Trinajstić information content (AvgIpc) is 2.46. The third-order valence-electron chi connectivity index (χ3n) is 1.95. The average molecular weight is 252 g/mol. The van der Waals surface area contributed by atoms with Crippen LogP contribution in [0.15, 0.2) is 18.3 Å². The van der Waals surface area contributed by atoms with Crippen LogP contribution in [-0.4, -0.2) is 9.97 Å². The number of nitrogens with one attached hydrogen (secondary N) is 1. The van der Waals surface area contributed by atoms with Crippen LogP contribution in [0.25, 0.3) is 11.0 Å². The van der Waals surface area contributed by atoms with Crippen molar-refractivity contribution in [3.05, 3.63) is 29.8 Å². The number of hydrogen-bond acceptors (Lipinski definition) is 2. The predicted octanol–water partition coefficient (Wildman–Crippen LogP) is 2.57. The summed E-state index contributed by atoms with van der Waals surface area (Å²) in [7, 11) is 0. The zero-order valence-corrected chi connectivity index (χ0v) is 9.66. The van der Waals surface area contributed by atoms with Crippen LogP contribution in [-0.2, 0) is 0 Å². The molecule has 0 bridgehead atoms. The van der Waals surface area contributed by atoms with Crippen molar-refractivity contribution in [3.63, 3.8) is 0 Å². The fourth-order valence-corrected chi connectivity index (χ4v) is 1.26. The monoisotopic (exact) mass is 251 g/mol. The molecular weight excluding hydrogens is 240 g/mol. The summed E-state index contributed by atoms with van der Waals surface area (Å²) >= 11 is 0. The van der Waals surface area contributed by atoms with Gasteiger partial charge in [0.15, 0.2) is 0 Å². The molecule has 0 fully saturated rings. The molecule has 0 aliphatic heterocycles. The van der Waals surface area contributed by atoms with Gasteiger partial charge in [0.1, 0.15) is 11.5 Å². The molecule has 15 heavy (non-hydrogen) atoms. The molecule has 0 spiro atoms. The van der Waals surface area contributed by atoms with Crippen molar-refractivity contribution in [1.82, 2.24) is 9.97 Å². The van der Waals surface area contributed by atoms with Crippen LogP contribution in [0, 0.1) is 5.82 Å². The van der Waals surface area contributed by atoms with Crippen molar-refractivity contribution in [2.75, 3.05) is 0 Å². The highest BCUT2D eigenvalue weighted by atomic mass is 35.5. The van der Waals surface area contributed by atoms with Crippen LogP contribution >= 0.6 is 24.8 Å². The van der Waals surface area contributed by atoms with Gasteiger partial charge in [-0.3, -0.25) is 0 Å². The van der Waals surface area contributed by atoms with E-state index in [0.29, 0.717) is 5.65 Å². The molecule has 1 atom stereocenters. The molecule has 2 heterocycles. The molecule has 2 aromatic heterocycles. The highest BCUT2D eigenvalue weighted by Crippen LogP contribution is 2.17. The van der Waals surface area contributed by atoms with E-state index in [2.05, 4.69) is 9.97 Å². The molecule has 2 aromatic rings. The molecule has 0 amide bonds. The fraction of sp³-hybridized carbons (Fsp3) is 0.222. The van der Waals surface area contributed by atoms with E-state index in [1.54, 1.807) is 0 Å². The Bertz CT molecular complexity index is 442. The molecular formula is C9H12Cl2FN3. The number of rotatable bonds is 1. The molecule has 0 saturated heterocycles. The van der Waals surface area contributed by atoms with Gasteiger partial charge in [0.05, 0.1) is 6.20 Å². The number of H-pyrrole nitrogens is 1. The minimum Gasteiger partial charge on any atom is -0.342 e. The Morgan fingerprint density at radius 3 is 2.67 bits per heavy atom. The SMILES string of the molecule is CC(N)c1cc2cc(F)cnc2[nH]1.Cl.Cl. The van der Waals surface area contributed by atoms with Gasteiger partial charge in [-0.25, -0.2) is 9.37 Å². The number of aromatic amines is 1. The zero-order valence-electron chi connectivity index (χ0n) is 8.03. The lowest BCUT2D eigenvalue weighted by atomic mass is 10.2. The topological polar surface area (TPSA) is 54.7 Å². The maximum Gasteiger partial charge on any atom is 0.142 e. The second-order valence-corrected chi connectivity index (χ2v) is 3.10. The summed E-state index contributed by atoms with van der Waals surface area (Å²) in [5.41, 5.74) is 7.21. The maximum atomic E-state index is 12.7. The summed E-state index contributed by atoms with van der Waals surface area (Å²) in [4.78, 5) is 6.92. The van der Waals surface area contributed by atoms with Crippen LogP contribution in [0.3, 0.4) is 0 Å². The molecule has 3 N–H and O–H groups in total. The Balaban J connectivity index is 0.000000980. The first-order valence-electron chi connectivity index (χ1n) is 4.06. The lowest BCUT2D eigenvalue weighted by Gasteiger charge is -1.97. The lowest BCUT2D eigenvalue weighted by molar-refractivity contribution is 0.624. The number of aromatic nitrogens is 2. The molecule has 1 unspecified atom stereocenters. The van der Waals surface area contributed by atoms with Crippen molar-refractivity contribution >= 4 is 35.8 Å². The molecule has 0 radical (unpaired) electrons. The molecule has 84 valence electrons. The first-order chi connectivity index (χ1) is 6.16. The Morgan fingerprint density at radius 2 is 2.07 bits per heavy atom. The van der Waals surface area contributed by atoms with Gasteiger partial charge in [-0.15, -0.1) is 24.8 Å². The Hall–Kier alpha value is -0.840. The summed E-state index contributed by atoms with van der Waals surface area (Å²) in [5.74, 6) is -0.331. The van der Waals surface area contributed by atoms with Crippen molar-refractivity contribution in [2.24, 2.45) is 5.73 Å². The Morgan fingerprint density at radius 1 is 1.40 bits per heavy atom. The van der Waals surface area contributed by atoms with E-state index in [-0.39, 0.29) is 36.7 Å². The number of pyridine rings is 1. The van der Waals surface area contributed by atoms with Crippen LogP contribution in [0.5, 0.6) is 0 Å². The number of nitrogens with zero attached hydrogens (tertiary/aromatic N) is 1.